The van der Waals surface area contributed by atoms with Gasteiger partial charge in [0.25, 0.3) is 0 Å². The molecule has 8 heteroatoms. The molecule has 0 aliphatic carbocycles. The smallest absolute Gasteiger partial charge is 0.317 e. The number of urea groups is 1. The van der Waals surface area contributed by atoms with Gasteiger partial charge in [-0.25, -0.2) is 9.78 Å². The van der Waals surface area contributed by atoms with E-state index in [0.29, 0.717) is 17.7 Å². The maximum Gasteiger partial charge on any atom is 0.317 e. The molecule has 0 aromatic carbocycles. The fraction of sp³-hybridized carbons (Fsp3) is 0.714. The van der Waals surface area contributed by atoms with Crippen molar-refractivity contribution in [2.45, 2.75) is 25.4 Å². The van der Waals surface area contributed by atoms with Crippen LogP contribution >= 0.6 is 23.1 Å². The zero-order valence-electron chi connectivity index (χ0n) is 12.7. The first kappa shape index (κ1) is 15.9. The lowest BCUT2D eigenvalue weighted by Gasteiger charge is -2.40. The van der Waals surface area contributed by atoms with Crippen LogP contribution in [0.4, 0.5) is 9.93 Å². The van der Waals surface area contributed by atoms with Crippen LogP contribution in [0.1, 0.15) is 18.5 Å². The van der Waals surface area contributed by atoms with Crippen LogP contribution in [0.5, 0.6) is 0 Å². The Morgan fingerprint density at radius 3 is 2.68 bits per heavy atom. The summed E-state index contributed by atoms with van der Waals surface area (Å²) in [6.07, 6.45) is 2.17. The third kappa shape index (κ3) is 4.05. The van der Waals surface area contributed by atoms with Crippen molar-refractivity contribution in [2.24, 2.45) is 0 Å². The SMILES string of the molecule is Nc1nc(CNC(=O)N2CCC(N3CCSCC3)CC2)cs1. The molecule has 2 aliphatic rings. The van der Waals surface area contributed by atoms with Gasteiger partial charge < -0.3 is 16.0 Å². The van der Waals surface area contributed by atoms with Gasteiger partial charge in [-0.05, 0) is 12.8 Å². The number of anilines is 1. The van der Waals surface area contributed by atoms with Gasteiger partial charge in [0, 0.05) is 49.1 Å². The second-order valence-electron chi connectivity index (χ2n) is 5.70. The number of nitrogen functional groups attached to an aromatic ring is 1. The number of carbonyl (C=O) groups excluding carboxylic acids is 1. The molecular formula is C14H23N5OS2. The summed E-state index contributed by atoms with van der Waals surface area (Å²) in [5.74, 6) is 2.49. The van der Waals surface area contributed by atoms with Crippen molar-refractivity contribution in [3.05, 3.63) is 11.1 Å². The van der Waals surface area contributed by atoms with Gasteiger partial charge in [-0.3, -0.25) is 4.90 Å². The molecule has 2 fully saturated rings. The summed E-state index contributed by atoms with van der Waals surface area (Å²) in [5.41, 5.74) is 6.42. The number of hydrogen-bond donors (Lipinski definition) is 2. The van der Waals surface area contributed by atoms with Crippen molar-refractivity contribution in [1.82, 2.24) is 20.1 Å². The molecule has 22 heavy (non-hydrogen) atoms. The molecule has 6 nitrogen and oxygen atoms in total. The van der Waals surface area contributed by atoms with E-state index in [-0.39, 0.29) is 6.03 Å². The third-order valence-electron chi connectivity index (χ3n) is 4.30. The van der Waals surface area contributed by atoms with E-state index in [2.05, 4.69) is 15.2 Å². The number of piperidine rings is 1. The van der Waals surface area contributed by atoms with Gasteiger partial charge in [0.05, 0.1) is 12.2 Å². The molecule has 3 N–H and O–H groups in total. The van der Waals surface area contributed by atoms with Crippen molar-refractivity contribution < 1.29 is 4.79 Å². The summed E-state index contributed by atoms with van der Waals surface area (Å²) >= 11 is 3.45. The first-order valence-corrected chi connectivity index (χ1v) is 9.80. The Balaban J connectivity index is 1.41. The first-order chi connectivity index (χ1) is 10.7. The minimum atomic E-state index is 0.0132. The molecule has 2 aliphatic heterocycles. The average Bonchev–Trinajstić information content (AvgIpc) is 2.99. The van der Waals surface area contributed by atoms with Crippen LogP contribution in [0.15, 0.2) is 5.38 Å². The van der Waals surface area contributed by atoms with Gasteiger partial charge in [0.15, 0.2) is 5.13 Å². The van der Waals surface area contributed by atoms with Crippen LogP contribution in [0.25, 0.3) is 0 Å². The normalized spacial score (nSPS) is 21.0. The summed E-state index contributed by atoms with van der Waals surface area (Å²) < 4.78 is 0. The minimum absolute atomic E-state index is 0.0132. The zero-order chi connectivity index (χ0) is 15.4. The molecule has 1 aromatic rings. The van der Waals surface area contributed by atoms with E-state index in [0.717, 1.165) is 31.6 Å². The summed E-state index contributed by atoms with van der Waals surface area (Å²) in [6.45, 7) is 4.55. The largest absolute Gasteiger partial charge is 0.375 e. The van der Waals surface area contributed by atoms with E-state index in [9.17, 15) is 4.79 Å². The first-order valence-electron chi connectivity index (χ1n) is 7.77. The van der Waals surface area contributed by atoms with E-state index >= 15 is 0 Å². The number of hydrogen-bond acceptors (Lipinski definition) is 6. The number of likely N-dealkylation sites (tertiary alicyclic amines) is 1. The van der Waals surface area contributed by atoms with E-state index in [1.54, 1.807) is 0 Å². The number of nitrogens with two attached hydrogens (primary N) is 1. The second kappa shape index (κ2) is 7.52. The van der Waals surface area contributed by atoms with Crippen molar-refractivity contribution >= 4 is 34.3 Å². The van der Waals surface area contributed by atoms with E-state index in [1.165, 1.54) is 35.9 Å². The lowest BCUT2D eigenvalue weighted by Crippen LogP contribution is -2.51. The molecule has 0 spiro atoms. The van der Waals surface area contributed by atoms with Crippen LogP contribution in [0.2, 0.25) is 0 Å². The minimum Gasteiger partial charge on any atom is -0.375 e. The predicted molar refractivity (Wildman–Crippen MR) is 92.3 cm³/mol. The molecular weight excluding hydrogens is 318 g/mol. The van der Waals surface area contributed by atoms with Crippen molar-refractivity contribution in [2.75, 3.05) is 43.4 Å². The standard InChI is InChI=1S/C14H23N5OS2/c15-13-17-11(10-22-13)9-16-14(20)19-3-1-12(2-4-19)18-5-7-21-8-6-18/h10,12H,1-9H2,(H2,15,17)(H,16,20). The highest BCUT2D eigenvalue weighted by atomic mass is 32.2. The highest BCUT2D eigenvalue weighted by molar-refractivity contribution is 7.99. The molecule has 122 valence electrons. The Morgan fingerprint density at radius 2 is 2.05 bits per heavy atom. The quantitative estimate of drug-likeness (QED) is 0.870. The Bertz CT molecular complexity index is 495. The van der Waals surface area contributed by atoms with Gasteiger partial charge in [-0.2, -0.15) is 11.8 Å². The number of aromatic nitrogens is 1. The van der Waals surface area contributed by atoms with E-state index in [4.69, 9.17) is 5.73 Å². The number of nitrogens with one attached hydrogen (secondary N) is 1. The Kier molecular flexibility index (Phi) is 5.43. The second-order valence-corrected chi connectivity index (χ2v) is 7.82. The van der Waals surface area contributed by atoms with Crippen LogP contribution in [-0.4, -0.2) is 64.5 Å². The van der Waals surface area contributed by atoms with E-state index in [1.807, 2.05) is 22.0 Å². The van der Waals surface area contributed by atoms with Gasteiger partial charge in [-0.1, -0.05) is 0 Å². The molecule has 2 saturated heterocycles. The number of amides is 2. The molecule has 3 rings (SSSR count). The maximum absolute atomic E-state index is 12.2. The summed E-state index contributed by atoms with van der Waals surface area (Å²) in [5, 5.41) is 5.37. The number of thioether (sulfide) groups is 1. The van der Waals surface area contributed by atoms with Gasteiger partial charge >= 0.3 is 6.03 Å². The molecule has 0 unspecified atom stereocenters. The summed E-state index contributed by atoms with van der Waals surface area (Å²) in [6, 6.07) is 0.669. The van der Waals surface area contributed by atoms with Crippen LogP contribution in [0.3, 0.4) is 0 Å². The highest BCUT2D eigenvalue weighted by Crippen LogP contribution is 2.20. The van der Waals surface area contributed by atoms with Crippen molar-refractivity contribution in [1.29, 1.82) is 0 Å². The van der Waals surface area contributed by atoms with Crippen LogP contribution < -0.4 is 11.1 Å². The monoisotopic (exact) mass is 341 g/mol. The number of carbonyl (C=O) groups is 1. The lowest BCUT2D eigenvalue weighted by molar-refractivity contribution is 0.124. The topological polar surface area (TPSA) is 74.5 Å². The Hall–Kier alpha value is -0.990. The molecule has 0 radical (unpaired) electrons. The molecule has 0 atom stereocenters. The predicted octanol–water partition coefficient (Wildman–Crippen LogP) is 1.45. The fourth-order valence-electron chi connectivity index (χ4n) is 3.06. The van der Waals surface area contributed by atoms with Gasteiger partial charge in [0.1, 0.15) is 0 Å². The molecule has 0 saturated carbocycles. The lowest BCUT2D eigenvalue weighted by atomic mass is 10.0. The van der Waals surface area contributed by atoms with Gasteiger partial charge in [0.2, 0.25) is 0 Å². The number of rotatable bonds is 3. The average molecular weight is 342 g/mol. The molecule has 2 amide bonds. The van der Waals surface area contributed by atoms with Crippen LogP contribution in [0, 0.1) is 0 Å². The Labute approximate surface area is 139 Å². The number of nitrogens with zero attached hydrogens (tertiary/aromatic N) is 3. The Morgan fingerprint density at radius 1 is 1.32 bits per heavy atom. The fourth-order valence-corrected chi connectivity index (χ4v) is 4.55. The zero-order valence-corrected chi connectivity index (χ0v) is 14.3. The van der Waals surface area contributed by atoms with Crippen LogP contribution in [-0.2, 0) is 6.54 Å². The summed E-state index contributed by atoms with van der Waals surface area (Å²) in [4.78, 5) is 20.9. The van der Waals surface area contributed by atoms with E-state index < -0.39 is 0 Å². The molecule has 1 aromatic heterocycles. The van der Waals surface area contributed by atoms with Gasteiger partial charge in [-0.15, -0.1) is 11.3 Å². The molecule has 3 heterocycles. The van der Waals surface area contributed by atoms with Crippen molar-refractivity contribution in [3.63, 3.8) is 0 Å². The highest BCUT2D eigenvalue weighted by Gasteiger charge is 2.27. The molecule has 0 bridgehead atoms. The number of thiazole rings is 1. The van der Waals surface area contributed by atoms with Crippen molar-refractivity contribution in [3.8, 4) is 0 Å². The summed E-state index contributed by atoms with van der Waals surface area (Å²) in [7, 11) is 0. The third-order valence-corrected chi connectivity index (χ3v) is 5.97. The maximum atomic E-state index is 12.2.